The van der Waals surface area contributed by atoms with Crippen molar-refractivity contribution >= 4 is 5.97 Å². The number of halogens is 2. The van der Waals surface area contributed by atoms with Gasteiger partial charge in [-0.15, -0.1) is 0 Å². The van der Waals surface area contributed by atoms with Gasteiger partial charge in [-0.1, -0.05) is 0 Å². The molecule has 0 unspecified atom stereocenters. The van der Waals surface area contributed by atoms with Crippen molar-refractivity contribution in [3.8, 4) is 11.8 Å². The average Bonchev–Trinajstić information content (AvgIpc) is 2.37. The summed E-state index contributed by atoms with van der Waals surface area (Å²) in [6.45, 7) is -2.06. The molecule has 102 valence electrons. The summed E-state index contributed by atoms with van der Waals surface area (Å²) >= 11 is 0. The van der Waals surface area contributed by atoms with Crippen LogP contribution in [-0.4, -0.2) is 24.3 Å². The molecular weight excluding hydrogens is 260 g/mol. The SMILES string of the molecule is CCOC(=O)c1cc(C#N)c(CO)cc1OC(F)F. The van der Waals surface area contributed by atoms with E-state index in [9.17, 15) is 13.6 Å². The fourth-order valence-corrected chi connectivity index (χ4v) is 1.42. The first-order valence-corrected chi connectivity index (χ1v) is 5.33. The van der Waals surface area contributed by atoms with E-state index in [1.807, 2.05) is 0 Å². The van der Waals surface area contributed by atoms with Gasteiger partial charge in [-0.25, -0.2) is 4.79 Å². The highest BCUT2D eigenvalue weighted by Gasteiger charge is 2.20. The van der Waals surface area contributed by atoms with E-state index in [0.29, 0.717) is 0 Å². The van der Waals surface area contributed by atoms with Crippen molar-refractivity contribution in [1.82, 2.24) is 0 Å². The summed E-state index contributed by atoms with van der Waals surface area (Å²) in [7, 11) is 0. The van der Waals surface area contributed by atoms with Crippen LogP contribution < -0.4 is 4.74 Å². The number of rotatable bonds is 5. The second-order valence-corrected chi connectivity index (χ2v) is 3.37. The third-order valence-electron chi connectivity index (χ3n) is 2.21. The van der Waals surface area contributed by atoms with Gasteiger partial charge in [0.05, 0.1) is 24.8 Å². The van der Waals surface area contributed by atoms with Crippen LogP contribution >= 0.6 is 0 Å². The Hall–Kier alpha value is -2.20. The number of alkyl halides is 2. The molecule has 0 atom stereocenters. The normalized spacial score (nSPS) is 10.1. The Morgan fingerprint density at radius 2 is 2.21 bits per heavy atom. The zero-order chi connectivity index (χ0) is 14.4. The van der Waals surface area contributed by atoms with Gasteiger partial charge in [0.2, 0.25) is 0 Å². The first-order chi connectivity index (χ1) is 9.03. The Morgan fingerprint density at radius 3 is 2.68 bits per heavy atom. The molecule has 1 aromatic rings. The zero-order valence-corrected chi connectivity index (χ0v) is 10.0. The molecule has 1 rings (SSSR count). The van der Waals surface area contributed by atoms with Crippen molar-refractivity contribution < 1.29 is 28.2 Å². The van der Waals surface area contributed by atoms with Crippen molar-refractivity contribution in [2.45, 2.75) is 20.1 Å². The fourth-order valence-electron chi connectivity index (χ4n) is 1.42. The Morgan fingerprint density at radius 1 is 1.53 bits per heavy atom. The summed E-state index contributed by atoms with van der Waals surface area (Å²) in [6.07, 6.45) is 0. The molecular formula is C12H11F2NO4. The van der Waals surface area contributed by atoms with Crippen molar-refractivity contribution in [3.05, 3.63) is 28.8 Å². The van der Waals surface area contributed by atoms with Gasteiger partial charge in [0, 0.05) is 0 Å². The Kier molecular flexibility index (Phi) is 5.21. The summed E-state index contributed by atoms with van der Waals surface area (Å²) in [6, 6.07) is 3.84. The van der Waals surface area contributed by atoms with Gasteiger partial charge in [-0.05, 0) is 24.6 Å². The molecule has 0 aromatic heterocycles. The molecule has 0 aliphatic heterocycles. The largest absolute Gasteiger partial charge is 0.462 e. The van der Waals surface area contributed by atoms with Crippen LogP contribution in [0.25, 0.3) is 0 Å². The Labute approximate surface area is 108 Å². The van der Waals surface area contributed by atoms with E-state index in [-0.39, 0.29) is 23.3 Å². The molecule has 0 aliphatic carbocycles. The first kappa shape index (κ1) is 14.9. The van der Waals surface area contributed by atoms with E-state index in [1.165, 1.54) is 0 Å². The maximum absolute atomic E-state index is 12.3. The lowest BCUT2D eigenvalue weighted by Crippen LogP contribution is -2.12. The number of aliphatic hydroxyl groups excluding tert-OH is 1. The monoisotopic (exact) mass is 271 g/mol. The quantitative estimate of drug-likeness (QED) is 0.826. The second kappa shape index (κ2) is 6.66. The third kappa shape index (κ3) is 3.63. The molecule has 7 heteroatoms. The number of hydrogen-bond acceptors (Lipinski definition) is 5. The van der Waals surface area contributed by atoms with Crippen LogP contribution in [0, 0.1) is 11.3 Å². The lowest BCUT2D eigenvalue weighted by atomic mass is 10.0. The highest BCUT2D eigenvalue weighted by molar-refractivity contribution is 5.93. The van der Waals surface area contributed by atoms with Crippen LogP contribution in [0.15, 0.2) is 12.1 Å². The molecule has 5 nitrogen and oxygen atoms in total. The molecule has 0 aliphatic rings. The molecule has 0 saturated heterocycles. The number of carbonyl (C=O) groups is 1. The average molecular weight is 271 g/mol. The first-order valence-electron chi connectivity index (χ1n) is 5.33. The van der Waals surface area contributed by atoms with Crippen LogP contribution in [-0.2, 0) is 11.3 Å². The maximum Gasteiger partial charge on any atom is 0.387 e. The van der Waals surface area contributed by atoms with Gasteiger partial charge in [-0.3, -0.25) is 0 Å². The topological polar surface area (TPSA) is 79.6 Å². The number of esters is 1. The van der Waals surface area contributed by atoms with Crippen molar-refractivity contribution in [1.29, 1.82) is 5.26 Å². The Bertz CT molecular complexity index is 511. The molecule has 0 saturated carbocycles. The lowest BCUT2D eigenvalue weighted by Gasteiger charge is -2.12. The van der Waals surface area contributed by atoms with E-state index in [2.05, 4.69) is 9.47 Å². The molecule has 0 fully saturated rings. The number of nitriles is 1. The standard InChI is InChI=1S/C12H11F2NO4/c1-2-18-11(17)9-3-7(5-15)8(6-16)4-10(9)19-12(13)14/h3-4,12,16H,2,6H2,1H3. The third-order valence-corrected chi connectivity index (χ3v) is 2.21. The molecule has 19 heavy (non-hydrogen) atoms. The van der Waals surface area contributed by atoms with E-state index in [4.69, 9.17) is 10.4 Å². The van der Waals surface area contributed by atoms with Crippen molar-refractivity contribution in [3.63, 3.8) is 0 Å². The zero-order valence-electron chi connectivity index (χ0n) is 10.0. The molecule has 0 spiro atoms. The second-order valence-electron chi connectivity index (χ2n) is 3.37. The van der Waals surface area contributed by atoms with Gasteiger partial charge >= 0.3 is 12.6 Å². The molecule has 0 bridgehead atoms. The highest BCUT2D eigenvalue weighted by Crippen LogP contribution is 2.26. The van der Waals surface area contributed by atoms with Gasteiger partial charge in [0.1, 0.15) is 11.3 Å². The summed E-state index contributed by atoms with van der Waals surface area (Å²) in [5.41, 5.74) is -0.200. The van der Waals surface area contributed by atoms with Gasteiger partial charge in [0.25, 0.3) is 0 Å². The number of carbonyl (C=O) groups excluding carboxylic acids is 1. The Balaban J connectivity index is 3.32. The van der Waals surface area contributed by atoms with Crippen LogP contribution in [0.1, 0.15) is 28.4 Å². The minimum Gasteiger partial charge on any atom is -0.462 e. The molecule has 1 N–H and O–H groups in total. The van der Waals surface area contributed by atoms with E-state index < -0.39 is 24.9 Å². The van der Waals surface area contributed by atoms with Crippen LogP contribution in [0.5, 0.6) is 5.75 Å². The van der Waals surface area contributed by atoms with Gasteiger partial charge in [-0.2, -0.15) is 14.0 Å². The number of ether oxygens (including phenoxy) is 2. The molecule has 1 aromatic carbocycles. The number of benzene rings is 1. The highest BCUT2D eigenvalue weighted by atomic mass is 19.3. The summed E-state index contributed by atoms with van der Waals surface area (Å²) in [5.74, 6) is -1.31. The number of nitrogens with zero attached hydrogens (tertiary/aromatic N) is 1. The summed E-state index contributed by atoms with van der Waals surface area (Å²) in [5, 5.41) is 17.9. The predicted octanol–water partition coefficient (Wildman–Crippen LogP) is 1.83. The molecule has 0 heterocycles. The number of hydrogen-bond donors (Lipinski definition) is 1. The van der Waals surface area contributed by atoms with Crippen LogP contribution in [0.4, 0.5) is 8.78 Å². The van der Waals surface area contributed by atoms with Crippen LogP contribution in [0.3, 0.4) is 0 Å². The van der Waals surface area contributed by atoms with E-state index >= 15 is 0 Å². The minimum atomic E-state index is -3.13. The fraction of sp³-hybridized carbons (Fsp3) is 0.333. The van der Waals surface area contributed by atoms with Crippen LogP contribution in [0.2, 0.25) is 0 Å². The van der Waals surface area contributed by atoms with E-state index in [1.54, 1.807) is 13.0 Å². The minimum absolute atomic E-state index is 0.00725. The maximum atomic E-state index is 12.3. The van der Waals surface area contributed by atoms with Gasteiger partial charge < -0.3 is 14.6 Å². The molecule has 0 amide bonds. The summed E-state index contributed by atoms with van der Waals surface area (Å²) < 4.78 is 33.4. The predicted molar refractivity (Wildman–Crippen MR) is 59.7 cm³/mol. The van der Waals surface area contributed by atoms with Crippen molar-refractivity contribution in [2.75, 3.05) is 6.61 Å². The smallest absolute Gasteiger partial charge is 0.387 e. The summed E-state index contributed by atoms with van der Waals surface area (Å²) in [4.78, 5) is 11.6. The number of aliphatic hydroxyl groups is 1. The lowest BCUT2D eigenvalue weighted by molar-refractivity contribution is -0.0505. The van der Waals surface area contributed by atoms with Crippen molar-refractivity contribution in [2.24, 2.45) is 0 Å². The van der Waals surface area contributed by atoms with E-state index in [0.717, 1.165) is 12.1 Å². The molecule has 0 radical (unpaired) electrons. The van der Waals surface area contributed by atoms with Gasteiger partial charge in [0.15, 0.2) is 0 Å².